The first kappa shape index (κ1) is 18.6. The Labute approximate surface area is 176 Å². The summed E-state index contributed by atoms with van der Waals surface area (Å²) in [6.45, 7) is 2.26. The fourth-order valence-corrected chi connectivity index (χ4v) is 8.34. The third-order valence-electron chi connectivity index (χ3n) is 7.60. The predicted molar refractivity (Wildman–Crippen MR) is 115 cm³/mol. The first-order valence-electron chi connectivity index (χ1n) is 10.6. The van der Waals surface area contributed by atoms with Gasteiger partial charge in [0.15, 0.2) is 5.11 Å². The Hall–Kier alpha value is -1.45. The minimum absolute atomic E-state index is 0.109. The summed E-state index contributed by atoms with van der Waals surface area (Å²) >= 11 is 7.13. The van der Waals surface area contributed by atoms with Gasteiger partial charge in [-0.2, -0.15) is 5.26 Å². The molecule has 4 nitrogen and oxygen atoms in total. The average Bonchev–Trinajstić information content (AvgIpc) is 2.96. The van der Waals surface area contributed by atoms with Crippen LogP contribution in [0.25, 0.3) is 0 Å². The minimum atomic E-state index is -0.206. The standard InChI is InChI=1S/C22H27N3OS2/c1-12-2-3-16-17(11-23)19(28-18(16)4-12)24-21(27)25-20(26)22-8-13-5-14(9-22)7-15(6-13)10-22/h12-15H,2-10H2,1H3,(H2,24,25,26,27). The lowest BCUT2D eigenvalue weighted by molar-refractivity contribution is -0.144. The van der Waals surface area contributed by atoms with E-state index in [1.165, 1.54) is 29.7 Å². The maximum atomic E-state index is 13.2. The van der Waals surface area contributed by atoms with E-state index in [1.54, 1.807) is 11.3 Å². The van der Waals surface area contributed by atoms with Gasteiger partial charge in [0.1, 0.15) is 11.1 Å². The Kier molecular flexibility index (Phi) is 4.52. The van der Waals surface area contributed by atoms with Crippen molar-refractivity contribution < 1.29 is 4.79 Å². The lowest BCUT2D eigenvalue weighted by Gasteiger charge is -2.55. The molecule has 4 saturated carbocycles. The van der Waals surface area contributed by atoms with E-state index in [2.05, 4.69) is 23.6 Å². The van der Waals surface area contributed by atoms with Crippen molar-refractivity contribution in [2.45, 2.75) is 64.7 Å². The molecule has 1 unspecified atom stereocenters. The van der Waals surface area contributed by atoms with Crippen molar-refractivity contribution in [2.75, 3.05) is 5.32 Å². The number of carbonyl (C=O) groups excluding carboxylic acids is 1. The van der Waals surface area contributed by atoms with Crippen molar-refractivity contribution in [3.8, 4) is 6.07 Å². The molecule has 4 fully saturated rings. The molecule has 5 aliphatic carbocycles. The summed E-state index contributed by atoms with van der Waals surface area (Å²) in [4.78, 5) is 14.5. The molecule has 2 N–H and O–H groups in total. The van der Waals surface area contributed by atoms with Crippen LogP contribution in [0.5, 0.6) is 0 Å². The highest BCUT2D eigenvalue weighted by molar-refractivity contribution is 7.80. The number of hydrogen-bond acceptors (Lipinski definition) is 4. The normalized spacial score (nSPS) is 35.1. The van der Waals surface area contributed by atoms with Gasteiger partial charge in [0, 0.05) is 4.88 Å². The fourth-order valence-electron chi connectivity index (χ4n) is 6.72. The molecule has 1 aromatic heterocycles. The van der Waals surface area contributed by atoms with Gasteiger partial charge in [0.25, 0.3) is 0 Å². The fraction of sp³-hybridized carbons (Fsp3) is 0.682. The van der Waals surface area contributed by atoms with Crippen LogP contribution >= 0.6 is 23.6 Å². The molecule has 6 heteroatoms. The zero-order valence-electron chi connectivity index (χ0n) is 16.3. The topological polar surface area (TPSA) is 64.9 Å². The summed E-state index contributed by atoms with van der Waals surface area (Å²) in [7, 11) is 0. The Bertz CT molecular complexity index is 846. The SMILES string of the molecule is CC1CCc2c(sc(NC(=S)NC(=O)C34CC5CC(CC(C5)C3)C4)c2C#N)C1. The van der Waals surface area contributed by atoms with Gasteiger partial charge in [-0.25, -0.2) is 0 Å². The summed E-state index contributed by atoms with van der Waals surface area (Å²) in [5.74, 6) is 2.96. The van der Waals surface area contributed by atoms with Crippen LogP contribution in [-0.2, 0) is 17.6 Å². The predicted octanol–water partition coefficient (Wildman–Crippen LogP) is 4.77. The van der Waals surface area contributed by atoms with Gasteiger partial charge in [-0.05, 0) is 99.2 Å². The van der Waals surface area contributed by atoms with Gasteiger partial charge in [-0.15, -0.1) is 11.3 Å². The molecule has 5 aliphatic rings. The number of hydrogen-bond donors (Lipinski definition) is 2. The molecule has 1 atom stereocenters. The van der Waals surface area contributed by atoms with Gasteiger partial charge >= 0.3 is 0 Å². The van der Waals surface area contributed by atoms with Crippen LogP contribution in [0.15, 0.2) is 0 Å². The molecule has 0 aromatic carbocycles. The maximum absolute atomic E-state index is 13.2. The summed E-state index contributed by atoms with van der Waals surface area (Å²) < 4.78 is 0. The van der Waals surface area contributed by atoms with Crippen molar-refractivity contribution >= 4 is 39.6 Å². The van der Waals surface area contributed by atoms with Gasteiger partial charge in [-0.1, -0.05) is 6.92 Å². The Morgan fingerprint density at radius 3 is 2.46 bits per heavy atom. The number of carbonyl (C=O) groups is 1. The Morgan fingerprint density at radius 2 is 1.86 bits per heavy atom. The average molecular weight is 414 g/mol. The summed E-state index contributed by atoms with van der Waals surface area (Å²) in [6.07, 6.45) is 10.2. The van der Waals surface area contributed by atoms with Gasteiger partial charge < -0.3 is 10.6 Å². The highest BCUT2D eigenvalue weighted by Crippen LogP contribution is 2.60. The van der Waals surface area contributed by atoms with E-state index in [-0.39, 0.29) is 11.3 Å². The molecule has 0 spiro atoms. The minimum Gasteiger partial charge on any atom is -0.323 e. The Morgan fingerprint density at radius 1 is 1.21 bits per heavy atom. The second kappa shape index (κ2) is 6.81. The van der Waals surface area contributed by atoms with Gasteiger partial charge in [0.2, 0.25) is 5.91 Å². The molecule has 4 bridgehead atoms. The van der Waals surface area contributed by atoms with E-state index >= 15 is 0 Å². The van der Waals surface area contributed by atoms with Gasteiger partial charge in [-0.3, -0.25) is 4.79 Å². The highest BCUT2D eigenvalue weighted by atomic mass is 32.1. The molecule has 1 heterocycles. The summed E-state index contributed by atoms with van der Waals surface area (Å²) in [5, 5.41) is 17.0. The molecule has 28 heavy (non-hydrogen) atoms. The molecule has 6 rings (SSSR count). The van der Waals surface area contributed by atoms with Crippen LogP contribution in [0.4, 0.5) is 5.00 Å². The molecule has 1 aromatic rings. The second-order valence-electron chi connectivity index (χ2n) is 9.77. The molecular weight excluding hydrogens is 386 g/mol. The summed E-state index contributed by atoms with van der Waals surface area (Å²) in [5.41, 5.74) is 1.70. The number of anilines is 1. The van der Waals surface area contributed by atoms with E-state index in [4.69, 9.17) is 12.2 Å². The number of nitrogens with zero attached hydrogens (tertiary/aromatic N) is 1. The zero-order chi connectivity index (χ0) is 19.5. The van der Waals surface area contributed by atoms with Crippen LogP contribution < -0.4 is 10.6 Å². The number of thiophene rings is 1. The monoisotopic (exact) mass is 413 g/mol. The third kappa shape index (κ3) is 3.07. The van der Waals surface area contributed by atoms with E-state index < -0.39 is 0 Å². The molecular formula is C22H27N3OS2. The third-order valence-corrected chi connectivity index (χ3v) is 8.97. The zero-order valence-corrected chi connectivity index (χ0v) is 18.0. The number of nitriles is 1. The van der Waals surface area contributed by atoms with Gasteiger partial charge in [0.05, 0.1) is 11.0 Å². The van der Waals surface area contributed by atoms with E-state index in [0.29, 0.717) is 11.0 Å². The molecule has 148 valence electrons. The van der Waals surface area contributed by atoms with E-state index in [1.807, 2.05) is 0 Å². The molecule has 0 aliphatic heterocycles. The number of fused-ring (bicyclic) bond motifs is 1. The van der Waals surface area contributed by atoms with Crippen LogP contribution in [0.2, 0.25) is 0 Å². The molecule has 0 radical (unpaired) electrons. The smallest absolute Gasteiger partial charge is 0.232 e. The van der Waals surface area contributed by atoms with Crippen molar-refractivity contribution in [1.82, 2.24) is 5.32 Å². The lowest BCUT2D eigenvalue weighted by Crippen LogP contribution is -2.55. The largest absolute Gasteiger partial charge is 0.323 e. The first-order chi connectivity index (χ1) is 13.5. The van der Waals surface area contributed by atoms with Crippen LogP contribution in [-0.4, -0.2) is 11.0 Å². The molecule has 1 amide bonds. The van der Waals surface area contributed by atoms with Crippen molar-refractivity contribution in [2.24, 2.45) is 29.1 Å². The number of thiocarbonyl (C=S) groups is 1. The lowest BCUT2D eigenvalue weighted by atomic mass is 9.49. The first-order valence-corrected chi connectivity index (χ1v) is 11.9. The van der Waals surface area contributed by atoms with E-state index in [9.17, 15) is 10.1 Å². The maximum Gasteiger partial charge on any atom is 0.232 e. The number of nitrogens with one attached hydrogen (secondary N) is 2. The van der Waals surface area contributed by atoms with Crippen LogP contribution in [0, 0.1) is 40.4 Å². The number of amides is 1. The second-order valence-corrected chi connectivity index (χ2v) is 11.3. The van der Waals surface area contributed by atoms with Crippen molar-refractivity contribution in [3.63, 3.8) is 0 Å². The summed E-state index contributed by atoms with van der Waals surface area (Å²) in [6, 6.07) is 2.36. The molecule has 0 saturated heterocycles. The van der Waals surface area contributed by atoms with Crippen LogP contribution in [0.1, 0.15) is 67.9 Å². The van der Waals surface area contributed by atoms with Crippen LogP contribution in [0.3, 0.4) is 0 Å². The highest BCUT2D eigenvalue weighted by Gasteiger charge is 2.54. The number of rotatable bonds is 2. The van der Waals surface area contributed by atoms with E-state index in [0.717, 1.165) is 66.8 Å². The van der Waals surface area contributed by atoms with Crippen molar-refractivity contribution in [3.05, 3.63) is 16.0 Å². The van der Waals surface area contributed by atoms with Crippen molar-refractivity contribution in [1.29, 1.82) is 5.26 Å². The Balaban J connectivity index is 1.30. The quantitative estimate of drug-likeness (QED) is 0.685.